The van der Waals surface area contributed by atoms with Crippen LogP contribution in [-0.2, 0) is 6.42 Å². The highest BCUT2D eigenvalue weighted by Gasteiger charge is 2.12. The molecule has 0 fully saturated rings. The Balaban J connectivity index is 1.97. The van der Waals surface area contributed by atoms with Crippen molar-refractivity contribution >= 4 is 15.9 Å². The van der Waals surface area contributed by atoms with Gasteiger partial charge in [-0.05, 0) is 65.0 Å². The molecule has 0 bridgehead atoms. The van der Waals surface area contributed by atoms with Crippen LogP contribution in [0.25, 0.3) is 0 Å². The predicted octanol–water partition coefficient (Wildman–Crippen LogP) is 5.26. The van der Waals surface area contributed by atoms with Crippen molar-refractivity contribution in [1.82, 2.24) is 5.32 Å². The highest BCUT2D eigenvalue weighted by atomic mass is 79.9. The predicted molar refractivity (Wildman–Crippen MR) is 89.9 cm³/mol. The van der Waals surface area contributed by atoms with Gasteiger partial charge in [-0.15, -0.1) is 0 Å². The van der Waals surface area contributed by atoms with E-state index < -0.39 is 0 Å². The summed E-state index contributed by atoms with van der Waals surface area (Å²) in [6.07, 6.45) is 3.22. The minimum Gasteiger partial charge on any atom is -0.310 e. The third-order valence-electron chi connectivity index (χ3n) is 3.60. The smallest absolute Gasteiger partial charge is 0.137 e. The minimum absolute atomic E-state index is 0.210. The van der Waals surface area contributed by atoms with Gasteiger partial charge in [0.05, 0.1) is 4.47 Å². The second kappa shape index (κ2) is 8.30. The normalized spacial score (nSPS) is 12.3. The van der Waals surface area contributed by atoms with Gasteiger partial charge in [0, 0.05) is 6.04 Å². The first-order valence-electron chi connectivity index (χ1n) is 7.43. The molecule has 3 heteroatoms. The topological polar surface area (TPSA) is 12.0 Å². The number of hydrogen-bond donors (Lipinski definition) is 1. The molecule has 0 spiro atoms. The first kappa shape index (κ1) is 16.2. The van der Waals surface area contributed by atoms with Crippen LogP contribution in [0.2, 0.25) is 0 Å². The van der Waals surface area contributed by atoms with E-state index in [0.29, 0.717) is 4.47 Å². The summed E-state index contributed by atoms with van der Waals surface area (Å²) < 4.78 is 13.9. The van der Waals surface area contributed by atoms with E-state index in [2.05, 4.69) is 52.4 Å². The molecule has 0 aromatic heterocycles. The quantitative estimate of drug-likeness (QED) is 0.718. The zero-order valence-electron chi connectivity index (χ0n) is 12.3. The van der Waals surface area contributed by atoms with E-state index in [1.54, 1.807) is 0 Å². The maximum absolute atomic E-state index is 13.4. The maximum Gasteiger partial charge on any atom is 0.137 e. The number of benzene rings is 2. The summed E-state index contributed by atoms with van der Waals surface area (Å²) >= 11 is 3.27. The van der Waals surface area contributed by atoms with Crippen molar-refractivity contribution in [2.45, 2.75) is 32.2 Å². The van der Waals surface area contributed by atoms with E-state index in [-0.39, 0.29) is 11.9 Å². The van der Waals surface area contributed by atoms with Gasteiger partial charge in [-0.3, -0.25) is 0 Å². The van der Waals surface area contributed by atoms with Crippen LogP contribution in [0.3, 0.4) is 0 Å². The Morgan fingerprint density at radius 3 is 2.57 bits per heavy atom. The fourth-order valence-corrected chi connectivity index (χ4v) is 2.91. The van der Waals surface area contributed by atoms with Gasteiger partial charge in [0.1, 0.15) is 5.82 Å². The molecule has 1 nitrogen and oxygen atoms in total. The molecule has 0 amide bonds. The number of hydrogen-bond acceptors (Lipinski definition) is 1. The Hall–Kier alpha value is -1.19. The van der Waals surface area contributed by atoms with Crippen molar-refractivity contribution < 1.29 is 4.39 Å². The van der Waals surface area contributed by atoms with Crippen LogP contribution in [-0.4, -0.2) is 6.54 Å². The Bertz CT molecular complexity index is 556. The summed E-state index contributed by atoms with van der Waals surface area (Å²) in [7, 11) is 0. The molecule has 2 aromatic rings. The lowest BCUT2D eigenvalue weighted by Crippen LogP contribution is -2.21. The zero-order valence-corrected chi connectivity index (χ0v) is 13.9. The zero-order chi connectivity index (χ0) is 15.1. The molecule has 1 atom stereocenters. The van der Waals surface area contributed by atoms with E-state index in [1.807, 2.05) is 18.2 Å². The Morgan fingerprint density at radius 2 is 1.90 bits per heavy atom. The molecule has 0 radical (unpaired) electrons. The Morgan fingerprint density at radius 1 is 1.14 bits per heavy atom. The van der Waals surface area contributed by atoms with Crippen LogP contribution >= 0.6 is 15.9 Å². The number of halogens is 2. The van der Waals surface area contributed by atoms with E-state index in [9.17, 15) is 4.39 Å². The van der Waals surface area contributed by atoms with Crippen LogP contribution in [0.1, 0.15) is 36.9 Å². The van der Waals surface area contributed by atoms with Gasteiger partial charge in [-0.25, -0.2) is 4.39 Å². The van der Waals surface area contributed by atoms with Gasteiger partial charge < -0.3 is 5.32 Å². The molecule has 0 aliphatic carbocycles. The minimum atomic E-state index is -0.210. The van der Waals surface area contributed by atoms with Crippen molar-refractivity contribution in [3.63, 3.8) is 0 Å². The summed E-state index contributed by atoms with van der Waals surface area (Å²) in [4.78, 5) is 0. The molecule has 112 valence electrons. The molecule has 21 heavy (non-hydrogen) atoms. The average Bonchev–Trinajstić information content (AvgIpc) is 2.50. The van der Waals surface area contributed by atoms with Crippen molar-refractivity contribution in [1.29, 1.82) is 0 Å². The third kappa shape index (κ3) is 4.94. The van der Waals surface area contributed by atoms with Crippen molar-refractivity contribution in [2.75, 3.05) is 6.54 Å². The van der Waals surface area contributed by atoms with Crippen LogP contribution in [0.15, 0.2) is 53.0 Å². The maximum atomic E-state index is 13.4. The Kier molecular flexibility index (Phi) is 6.40. The van der Waals surface area contributed by atoms with Crippen LogP contribution in [0.4, 0.5) is 4.39 Å². The van der Waals surface area contributed by atoms with Crippen LogP contribution < -0.4 is 5.32 Å². The molecular weight excluding hydrogens is 329 g/mol. The lowest BCUT2D eigenvalue weighted by Gasteiger charge is -2.19. The molecule has 2 aromatic carbocycles. The van der Waals surface area contributed by atoms with Gasteiger partial charge in [-0.1, -0.05) is 43.3 Å². The summed E-state index contributed by atoms with van der Waals surface area (Å²) in [6, 6.07) is 16.1. The second-order valence-electron chi connectivity index (χ2n) is 5.16. The van der Waals surface area contributed by atoms with Crippen LogP contribution in [0.5, 0.6) is 0 Å². The molecule has 1 unspecified atom stereocenters. The largest absolute Gasteiger partial charge is 0.310 e. The molecule has 1 N–H and O–H groups in total. The van der Waals surface area contributed by atoms with Crippen LogP contribution in [0, 0.1) is 5.82 Å². The van der Waals surface area contributed by atoms with E-state index in [1.165, 1.54) is 11.6 Å². The summed E-state index contributed by atoms with van der Waals surface area (Å²) in [5, 5.41) is 3.49. The van der Waals surface area contributed by atoms with Gasteiger partial charge in [0.15, 0.2) is 0 Å². The van der Waals surface area contributed by atoms with Gasteiger partial charge >= 0.3 is 0 Å². The van der Waals surface area contributed by atoms with Crippen molar-refractivity contribution in [2.24, 2.45) is 0 Å². The summed E-state index contributed by atoms with van der Waals surface area (Å²) in [6.45, 7) is 3.01. The number of aryl methyl sites for hydroxylation is 1. The average molecular weight is 350 g/mol. The van der Waals surface area contributed by atoms with Gasteiger partial charge in [0.25, 0.3) is 0 Å². The lowest BCUT2D eigenvalue weighted by molar-refractivity contribution is 0.496. The van der Waals surface area contributed by atoms with Gasteiger partial charge in [-0.2, -0.15) is 0 Å². The number of nitrogens with one attached hydrogen (secondary N) is 1. The second-order valence-corrected chi connectivity index (χ2v) is 6.02. The van der Waals surface area contributed by atoms with Gasteiger partial charge in [0.2, 0.25) is 0 Å². The third-order valence-corrected chi connectivity index (χ3v) is 4.21. The molecule has 0 saturated carbocycles. The van der Waals surface area contributed by atoms with Crippen molar-refractivity contribution in [3.8, 4) is 0 Å². The molecule has 0 aliphatic heterocycles. The fourth-order valence-electron chi connectivity index (χ4n) is 2.52. The van der Waals surface area contributed by atoms with E-state index in [0.717, 1.165) is 31.4 Å². The summed E-state index contributed by atoms with van der Waals surface area (Å²) in [5.74, 6) is -0.210. The standard InChI is InChI=1S/C18H21BrFN/c1-2-21-18(15-11-12-17(20)16(19)13-15)10-6-9-14-7-4-3-5-8-14/h3-5,7-8,11-13,18,21H,2,6,9-10H2,1H3. The fraction of sp³-hybridized carbons (Fsp3) is 0.333. The molecule has 0 heterocycles. The van der Waals surface area contributed by atoms with E-state index in [4.69, 9.17) is 0 Å². The Labute approximate surface area is 134 Å². The lowest BCUT2D eigenvalue weighted by atomic mass is 9.99. The highest BCUT2D eigenvalue weighted by Crippen LogP contribution is 2.24. The first-order valence-corrected chi connectivity index (χ1v) is 8.22. The number of rotatable bonds is 7. The highest BCUT2D eigenvalue weighted by molar-refractivity contribution is 9.10. The molecular formula is C18H21BrFN. The molecule has 2 rings (SSSR count). The SMILES string of the molecule is CCNC(CCCc1ccccc1)c1ccc(F)c(Br)c1. The molecule has 0 aliphatic rings. The molecule has 0 saturated heterocycles. The summed E-state index contributed by atoms with van der Waals surface area (Å²) in [5.41, 5.74) is 2.51. The van der Waals surface area contributed by atoms with Crippen molar-refractivity contribution in [3.05, 3.63) is 69.9 Å². The van der Waals surface area contributed by atoms with E-state index >= 15 is 0 Å². The monoisotopic (exact) mass is 349 g/mol. The first-order chi connectivity index (χ1) is 10.2.